The van der Waals surface area contributed by atoms with E-state index in [4.69, 9.17) is 5.73 Å². The molecule has 1 aromatic carbocycles. The Labute approximate surface area is 113 Å². The molecule has 1 aromatic rings. The monoisotopic (exact) mass is 263 g/mol. The van der Waals surface area contributed by atoms with Gasteiger partial charge in [0.05, 0.1) is 0 Å². The normalized spacial score (nSPS) is 12.0. The van der Waals surface area contributed by atoms with Gasteiger partial charge in [-0.15, -0.1) is 0 Å². The molecule has 0 radical (unpaired) electrons. The highest BCUT2D eigenvalue weighted by molar-refractivity contribution is 5.83. The Morgan fingerprint density at radius 3 is 2.42 bits per heavy atom. The summed E-state index contributed by atoms with van der Waals surface area (Å²) in [6.07, 6.45) is 0.255. The number of hydrogen-bond acceptors (Lipinski definition) is 3. The van der Waals surface area contributed by atoms with Crippen LogP contribution in [-0.4, -0.2) is 24.4 Å². The molecule has 0 heterocycles. The summed E-state index contributed by atoms with van der Waals surface area (Å²) in [6, 6.07) is 8.54. The van der Waals surface area contributed by atoms with E-state index in [1.807, 2.05) is 32.0 Å². The van der Waals surface area contributed by atoms with Gasteiger partial charge in [-0.1, -0.05) is 30.3 Å². The molecule has 5 heteroatoms. The highest BCUT2D eigenvalue weighted by Gasteiger charge is 2.15. The number of carbonyl (C=O) groups excluding carboxylic acids is 2. The third kappa shape index (κ3) is 5.52. The molecule has 19 heavy (non-hydrogen) atoms. The molecule has 0 saturated heterocycles. The van der Waals surface area contributed by atoms with Gasteiger partial charge >= 0.3 is 0 Å². The van der Waals surface area contributed by atoms with Gasteiger partial charge in [-0.2, -0.15) is 0 Å². The number of benzene rings is 1. The van der Waals surface area contributed by atoms with Crippen molar-refractivity contribution in [2.24, 2.45) is 5.73 Å². The van der Waals surface area contributed by atoms with Crippen molar-refractivity contribution in [2.75, 3.05) is 6.54 Å². The fraction of sp³-hybridized carbons (Fsp3) is 0.429. The predicted octanol–water partition coefficient (Wildman–Crippen LogP) is 0.717. The zero-order valence-corrected chi connectivity index (χ0v) is 11.3. The van der Waals surface area contributed by atoms with Crippen molar-refractivity contribution in [1.82, 2.24) is 10.6 Å². The molecule has 1 rings (SSSR count). The van der Waals surface area contributed by atoms with Gasteiger partial charge in [0.1, 0.15) is 6.04 Å². The number of amides is 2. The van der Waals surface area contributed by atoms with Crippen LogP contribution in [0.25, 0.3) is 0 Å². The second-order valence-electron chi connectivity index (χ2n) is 4.65. The minimum atomic E-state index is -0.700. The Bertz CT molecular complexity index is 418. The van der Waals surface area contributed by atoms with E-state index in [2.05, 4.69) is 10.6 Å². The van der Waals surface area contributed by atoms with Crippen LogP contribution in [0.2, 0.25) is 0 Å². The summed E-state index contributed by atoms with van der Waals surface area (Å²) < 4.78 is 0. The van der Waals surface area contributed by atoms with Crippen molar-refractivity contribution < 1.29 is 9.59 Å². The van der Waals surface area contributed by atoms with E-state index in [9.17, 15) is 9.59 Å². The first-order valence-electron chi connectivity index (χ1n) is 6.38. The fourth-order valence-corrected chi connectivity index (χ4v) is 1.62. The SMILES string of the molecule is CC(C)NC(=O)CCNC(=O)C(N)c1ccccc1. The Morgan fingerprint density at radius 2 is 1.84 bits per heavy atom. The first-order valence-corrected chi connectivity index (χ1v) is 6.38. The molecule has 0 spiro atoms. The largest absolute Gasteiger partial charge is 0.354 e. The minimum Gasteiger partial charge on any atom is -0.354 e. The molecule has 1 unspecified atom stereocenters. The summed E-state index contributed by atoms with van der Waals surface area (Å²) >= 11 is 0. The van der Waals surface area contributed by atoms with Crippen molar-refractivity contribution in [1.29, 1.82) is 0 Å². The molecule has 0 saturated carbocycles. The van der Waals surface area contributed by atoms with Crippen LogP contribution in [0.3, 0.4) is 0 Å². The van der Waals surface area contributed by atoms with E-state index < -0.39 is 6.04 Å². The van der Waals surface area contributed by atoms with E-state index >= 15 is 0 Å². The highest BCUT2D eigenvalue weighted by Crippen LogP contribution is 2.08. The van der Waals surface area contributed by atoms with Crippen molar-refractivity contribution in [2.45, 2.75) is 32.4 Å². The highest BCUT2D eigenvalue weighted by atomic mass is 16.2. The maximum absolute atomic E-state index is 11.8. The van der Waals surface area contributed by atoms with E-state index in [1.165, 1.54) is 0 Å². The maximum Gasteiger partial charge on any atom is 0.241 e. The van der Waals surface area contributed by atoms with Gasteiger partial charge in [0.15, 0.2) is 0 Å². The van der Waals surface area contributed by atoms with Crippen molar-refractivity contribution >= 4 is 11.8 Å². The van der Waals surface area contributed by atoms with Gasteiger partial charge in [-0.05, 0) is 19.4 Å². The lowest BCUT2D eigenvalue weighted by Gasteiger charge is -2.13. The van der Waals surface area contributed by atoms with Gasteiger partial charge in [0, 0.05) is 19.0 Å². The Balaban J connectivity index is 2.34. The second kappa shape index (κ2) is 7.53. The topological polar surface area (TPSA) is 84.2 Å². The number of nitrogens with two attached hydrogens (primary N) is 1. The number of nitrogens with one attached hydrogen (secondary N) is 2. The van der Waals surface area contributed by atoms with Gasteiger partial charge in [0.2, 0.25) is 11.8 Å². The first-order chi connectivity index (χ1) is 9.00. The molecule has 0 aliphatic heterocycles. The van der Waals surface area contributed by atoms with Crippen LogP contribution in [0.5, 0.6) is 0 Å². The maximum atomic E-state index is 11.8. The average Bonchev–Trinajstić information content (AvgIpc) is 2.37. The second-order valence-corrected chi connectivity index (χ2v) is 4.65. The summed E-state index contributed by atoms with van der Waals surface area (Å²) in [5, 5.41) is 5.42. The summed E-state index contributed by atoms with van der Waals surface area (Å²) in [4.78, 5) is 23.2. The van der Waals surface area contributed by atoms with E-state index in [0.717, 1.165) is 5.56 Å². The quantitative estimate of drug-likeness (QED) is 0.707. The van der Waals surface area contributed by atoms with Crippen LogP contribution in [-0.2, 0) is 9.59 Å². The van der Waals surface area contributed by atoms with Gasteiger partial charge < -0.3 is 16.4 Å². The smallest absolute Gasteiger partial charge is 0.241 e. The summed E-state index contributed by atoms with van der Waals surface area (Å²) in [6.45, 7) is 4.07. The molecule has 0 aliphatic carbocycles. The van der Waals surface area contributed by atoms with Crippen LogP contribution in [0.4, 0.5) is 0 Å². The molecule has 4 N–H and O–H groups in total. The van der Waals surface area contributed by atoms with Crippen LogP contribution >= 0.6 is 0 Å². The molecule has 104 valence electrons. The lowest BCUT2D eigenvalue weighted by molar-refractivity contribution is -0.123. The summed E-state index contributed by atoms with van der Waals surface area (Å²) in [5.74, 6) is -0.355. The van der Waals surface area contributed by atoms with Crippen molar-refractivity contribution in [3.63, 3.8) is 0 Å². The Morgan fingerprint density at radius 1 is 1.21 bits per heavy atom. The Kier molecular flexibility index (Phi) is 6.02. The molecule has 0 fully saturated rings. The molecular weight excluding hydrogens is 242 g/mol. The van der Waals surface area contributed by atoms with Gasteiger partial charge in [-0.3, -0.25) is 9.59 Å². The lowest BCUT2D eigenvalue weighted by Crippen LogP contribution is -2.37. The summed E-state index contributed by atoms with van der Waals surface area (Å²) in [7, 11) is 0. The standard InChI is InChI=1S/C14H21N3O2/c1-10(2)17-12(18)8-9-16-14(19)13(15)11-6-4-3-5-7-11/h3-7,10,13H,8-9,15H2,1-2H3,(H,16,19)(H,17,18). The van der Waals surface area contributed by atoms with Gasteiger partial charge in [0.25, 0.3) is 0 Å². The molecule has 2 amide bonds. The van der Waals surface area contributed by atoms with Crippen LogP contribution in [0.15, 0.2) is 30.3 Å². The lowest BCUT2D eigenvalue weighted by atomic mass is 10.1. The molecule has 5 nitrogen and oxygen atoms in total. The number of hydrogen-bond donors (Lipinski definition) is 3. The van der Waals surface area contributed by atoms with Crippen molar-refractivity contribution in [3.8, 4) is 0 Å². The molecular formula is C14H21N3O2. The zero-order valence-electron chi connectivity index (χ0n) is 11.3. The van der Waals surface area contributed by atoms with Crippen molar-refractivity contribution in [3.05, 3.63) is 35.9 Å². The van der Waals surface area contributed by atoms with Crippen LogP contribution < -0.4 is 16.4 Å². The molecule has 1 atom stereocenters. The first kappa shape index (κ1) is 15.2. The van der Waals surface area contributed by atoms with E-state index in [0.29, 0.717) is 0 Å². The van der Waals surface area contributed by atoms with E-state index in [-0.39, 0.29) is 30.8 Å². The van der Waals surface area contributed by atoms with Crippen LogP contribution in [0.1, 0.15) is 31.9 Å². The van der Waals surface area contributed by atoms with E-state index in [1.54, 1.807) is 12.1 Å². The number of carbonyl (C=O) groups is 2. The minimum absolute atomic E-state index is 0.0800. The fourth-order valence-electron chi connectivity index (χ4n) is 1.62. The summed E-state index contributed by atoms with van der Waals surface area (Å²) in [5.41, 5.74) is 6.58. The third-order valence-corrected chi connectivity index (χ3v) is 2.54. The zero-order chi connectivity index (χ0) is 14.3. The van der Waals surface area contributed by atoms with Crippen LogP contribution in [0, 0.1) is 0 Å². The Hall–Kier alpha value is -1.88. The average molecular weight is 263 g/mol. The third-order valence-electron chi connectivity index (χ3n) is 2.54. The molecule has 0 aliphatic rings. The number of rotatable bonds is 6. The molecule has 0 bridgehead atoms. The van der Waals surface area contributed by atoms with Gasteiger partial charge in [-0.25, -0.2) is 0 Å². The predicted molar refractivity (Wildman–Crippen MR) is 74.3 cm³/mol. The molecule has 0 aromatic heterocycles.